The summed E-state index contributed by atoms with van der Waals surface area (Å²) in [5.41, 5.74) is 7.15. The van der Waals surface area contributed by atoms with Crippen LogP contribution in [0.3, 0.4) is 0 Å². The smallest absolute Gasteiger partial charge is 0.241 e. The monoisotopic (exact) mass is 268 g/mol. The number of rotatable bonds is 4. The lowest BCUT2D eigenvalue weighted by molar-refractivity contribution is 0.270. The molecule has 0 aliphatic heterocycles. The predicted molar refractivity (Wildman–Crippen MR) is 71.6 cm³/mol. The van der Waals surface area contributed by atoms with E-state index in [0.717, 1.165) is 24.0 Å². The summed E-state index contributed by atoms with van der Waals surface area (Å²) in [7, 11) is -3.41. The Kier molecular flexibility index (Phi) is 3.75. The van der Waals surface area contributed by atoms with Gasteiger partial charge in [-0.1, -0.05) is 19.1 Å². The van der Waals surface area contributed by atoms with E-state index in [-0.39, 0.29) is 6.04 Å². The van der Waals surface area contributed by atoms with Crippen molar-refractivity contribution in [2.24, 2.45) is 11.7 Å². The number of nitrogens with one attached hydrogen (secondary N) is 1. The van der Waals surface area contributed by atoms with E-state index in [4.69, 9.17) is 5.73 Å². The molecule has 0 aromatic heterocycles. The van der Waals surface area contributed by atoms with Gasteiger partial charge in [0, 0.05) is 12.6 Å². The van der Waals surface area contributed by atoms with Gasteiger partial charge >= 0.3 is 0 Å². The molecule has 1 fully saturated rings. The van der Waals surface area contributed by atoms with Crippen molar-refractivity contribution in [3.8, 4) is 0 Å². The Labute approximate surface area is 109 Å². The predicted octanol–water partition coefficient (Wildman–Crippen LogP) is 1.53. The maximum Gasteiger partial charge on any atom is 0.241 e. The third-order valence-electron chi connectivity index (χ3n) is 3.47. The molecule has 0 saturated heterocycles. The highest BCUT2D eigenvalue weighted by atomic mass is 32.2. The molecule has 2 rings (SSSR count). The van der Waals surface area contributed by atoms with E-state index in [0.29, 0.717) is 17.4 Å². The van der Waals surface area contributed by atoms with Crippen LogP contribution in [0.15, 0.2) is 23.1 Å². The largest absolute Gasteiger partial charge is 0.326 e. The Morgan fingerprint density at radius 2 is 2.06 bits per heavy atom. The van der Waals surface area contributed by atoms with Gasteiger partial charge in [0.05, 0.1) is 4.90 Å². The van der Waals surface area contributed by atoms with Gasteiger partial charge in [-0.2, -0.15) is 0 Å². The molecule has 0 radical (unpaired) electrons. The maximum atomic E-state index is 12.3. The number of aryl methyl sites for hydroxylation is 1. The number of hydrogen-bond donors (Lipinski definition) is 2. The molecule has 1 aliphatic carbocycles. The molecule has 4 nitrogen and oxygen atoms in total. The second kappa shape index (κ2) is 4.99. The summed E-state index contributed by atoms with van der Waals surface area (Å²) in [4.78, 5) is 0.352. The van der Waals surface area contributed by atoms with Crippen molar-refractivity contribution in [3.63, 3.8) is 0 Å². The van der Waals surface area contributed by atoms with Crippen LogP contribution in [-0.2, 0) is 16.6 Å². The van der Waals surface area contributed by atoms with E-state index in [1.807, 2.05) is 6.07 Å². The average Bonchev–Trinajstić information content (AvgIpc) is 2.27. The lowest BCUT2D eigenvalue weighted by Crippen LogP contribution is -2.43. The van der Waals surface area contributed by atoms with E-state index < -0.39 is 10.0 Å². The lowest BCUT2D eigenvalue weighted by atomic mass is 9.83. The van der Waals surface area contributed by atoms with Crippen molar-refractivity contribution >= 4 is 10.0 Å². The summed E-state index contributed by atoms with van der Waals surface area (Å²) < 4.78 is 27.3. The van der Waals surface area contributed by atoms with Gasteiger partial charge in [0.2, 0.25) is 10.0 Å². The SMILES string of the molecule is Cc1ccc(CN)cc1S(=O)(=O)NC1CC(C)C1. The maximum absolute atomic E-state index is 12.3. The fraction of sp³-hybridized carbons (Fsp3) is 0.538. The Hall–Kier alpha value is -0.910. The Balaban J connectivity index is 2.23. The molecular formula is C13H20N2O2S. The van der Waals surface area contributed by atoms with Gasteiger partial charge in [-0.3, -0.25) is 0 Å². The second-order valence-corrected chi connectivity index (χ2v) is 6.88. The summed E-state index contributed by atoms with van der Waals surface area (Å²) in [5.74, 6) is 0.620. The first-order valence-electron chi connectivity index (χ1n) is 6.24. The molecule has 100 valence electrons. The van der Waals surface area contributed by atoms with Gasteiger partial charge in [0.15, 0.2) is 0 Å². The number of nitrogens with two attached hydrogens (primary N) is 1. The minimum atomic E-state index is -3.41. The van der Waals surface area contributed by atoms with Crippen molar-refractivity contribution in [2.75, 3.05) is 0 Å². The summed E-state index contributed by atoms with van der Waals surface area (Å²) >= 11 is 0. The van der Waals surface area contributed by atoms with Crippen molar-refractivity contribution in [1.82, 2.24) is 4.72 Å². The molecule has 5 heteroatoms. The first-order valence-corrected chi connectivity index (χ1v) is 7.72. The van der Waals surface area contributed by atoms with Gasteiger partial charge in [-0.05, 0) is 42.9 Å². The van der Waals surface area contributed by atoms with Crippen molar-refractivity contribution < 1.29 is 8.42 Å². The van der Waals surface area contributed by atoms with Crippen molar-refractivity contribution in [2.45, 2.75) is 44.2 Å². The first kappa shape index (κ1) is 13.5. The van der Waals surface area contributed by atoms with Crippen LogP contribution >= 0.6 is 0 Å². The van der Waals surface area contributed by atoms with Gasteiger partial charge in [-0.25, -0.2) is 13.1 Å². The van der Waals surface area contributed by atoms with Crippen LogP contribution < -0.4 is 10.5 Å². The number of sulfonamides is 1. The van der Waals surface area contributed by atoms with Gasteiger partial charge < -0.3 is 5.73 Å². The summed E-state index contributed by atoms with van der Waals surface area (Å²) in [6, 6.07) is 5.42. The highest BCUT2D eigenvalue weighted by molar-refractivity contribution is 7.89. The second-order valence-electron chi connectivity index (χ2n) is 5.20. The molecule has 0 unspecified atom stereocenters. The van der Waals surface area contributed by atoms with E-state index in [1.165, 1.54) is 0 Å². The minimum absolute atomic E-state index is 0.0888. The fourth-order valence-electron chi connectivity index (χ4n) is 2.34. The molecule has 0 amide bonds. The first-order chi connectivity index (χ1) is 8.42. The zero-order chi connectivity index (χ0) is 13.3. The lowest BCUT2D eigenvalue weighted by Gasteiger charge is -2.33. The van der Waals surface area contributed by atoms with Crippen LogP contribution in [-0.4, -0.2) is 14.5 Å². The number of hydrogen-bond acceptors (Lipinski definition) is 3. The van der Waals surface area contributed by atoms with Crippen LogP contribution in [0.2, 0.25) is 0 Å². The summed E-state index contributed by atoms with van der Waals surface area (Å²) in [5, 5.41) is 0. The topological polar surface area (TPSA) is 72.2 Å². The minimum Gasteiger partial charge on any atom is -0.326 e. The molecule has 1 aromatic rings. The number of benzene rings is 1. The molecule has 0 spiro atoms. The molecule has 0 bridgehead atoms. The van der Waals surface area contributed by atoms with Gasteiger partial charge in [0.1, 0.15) is 0 Å². The molecule has 1 aliphatic rings. The zero-order valence-electron chi connectivity index (χ0n) is 10.8. The third-order valence-corrected chi connectivity index (χ3v) is 5.14. The Morgan fingerprint density at radius 1 is 1.39 bits per heavy atom. The summed E-state index contributed by atoms with van der Waals surface area (Å²) in [6.07, 6.45) is 1.85. The van der Waals surface area contributed by atoms with E-state index in [9.17, 15) is 8.42 Å². The molecule has 1 aromatic carbocycles. The standard InChI is InChI=1S/C13H20N2O2S/c1-9-5-12(6-9)15-18(16,17)13-7-11(8-14)4-3-10(13)2/h3-4,7,9,12,15H,5-6,8,14H2,1-2H3. The molecular weight excluding hydrogens is 248 g/mol. The molecule has 18 heavy (non-hydrogen) atoms. The Bertz CT molecular complexity index is 534. The van der Waals surface area contributed by atoms with Crippen molar-refractivity contribution in [1.29, 1.82) is 0 Å². The molecule has 1 saturated carbocycles. The van der Waals surface area contributed by atoms with Crippen LogP contribution in [0.25, 0.3) is 0 Å². The van der Waals surface area contributed by atoms with E-state index in [1.54, 1.807) is 19.1 Å². The van der Waals surface area contributed by atoms with Gasteiger partial charge in [-0.15, -0.1) is 0 Å². The molecule has 0 heterocycles. The fourth-order valence-corrected chi connectivity index (χ4v) is 3.90. The molecule has 3 N–H and O–H groups in total. The van der Waals surface area contributed by atoms with Crippen LogP contribution in [0.4, 0.5) is 0 Å². The van der Waals surface area contributed by atoms with E-state index in [2.05, 4.69) is 11.6 Å². The van der Waals surface area contributed by atoms with Crippen LogP contribution in [0.5, 0.6) is 0 Å². The summed E-state index contributed by atoms with van der Waals surface area (Å²) in [6.45, 7) is 4.28. The van der Waals surface area contributed by atoms with Crippen molar-refractivity contribution in [3.05, 3.63) is 29.3 Å². The normalized spacial score (nSPS) is 23.7. The van der Waals surface area contributed by atoms with Crippen LogP contribution in [0, 0.1) is 12.8 Å². The quantitative estimate of drug-likeness (QED) is 0.870. The highest BCUT2D eigenvalue weighted by Gasteiger charge is 2.30. The van der Waals surface area contributed by atoms with Gasteiger partial charge in [0.25, 0.3) is 0 Å². The average molecular weight is 268 g/mol. The van der Waals surface area contributed by atoms with E-state index >= 15 is 0 Å². The van der Waals surface area contributed by atoms with Crippen LogP contribution in [0.1, 0.15) is 30.9 Å². The third kappa shape index (κ3) is 2.74. The highest BCUT2D eigenvalue weighted by Crippen LogP contribution is 2.28. The molecule has 0 atom stereocenters. The Morgan fingerprint density at radius 3 is 2.61 bits per heavy atom. The zero-order valence-corrected chi connectivity index (χ0v) is 11.6.